The smallest absolute Gasteiger partial charge is 0.412 e. The van der Waals surface area contributed by atoms with Gasteiger partial charge in [-0.1, -0.05) is 62.1 Å². The zero-order chi connectivity index (χ0) is 33.5. The lowest BCUT2D eigenvalue weighted by atomic mass is 10.1. The molecule has 11 nitrogen and oxygen atoms in total. The van der Waals surface area contributed by atoms with Crippen LogP contribution in [0.1, 0.15) is 73.3 Å². The summed E-state index contributed by atoms with van der Waals surface area (Å²) in [6.45, 7) is 6.97. The normalized spacial score (nSPS) is 10.5. The molecule has 0 aliphatic heterocycles. The molecule has 4 aromatic rings. The third-order valence-electron chi connectivity index (χ3n) is 7.21. The third kappa shape index (κ3) is 10.6. The zero-order valence-corrected chi connectivity index (χ0v) is 27.4. The van der Waals surface area contributed by atoms with Gasteiger partial charge >= 0.3 is 6.09 Å². The largest absolute Gasteiger partial charge is 0.449 e. The molecule has 3 N–H and O–H groups in total. The van der Waals surface area contributed by atoms with E-state index in [4.69, 9.17) is 10.1 Å². The van der Waals surface area contributed by atoms with Crippen LogP contribution in [0.2, 0.25) is 0 Å². The van der Waals surface area contributed by atoms with E-state index in [9.17, 15) is 14.4 Å². The van der Waals surface area contributed by atoms with Gasteiger partial charge < -0.3 is 14.6 Å². The number of hydrogen-bond donors (Lipinski definition) is 3. The highest BCUT2D eigenvalue weighted by molar-refractivity contribution is 6.07. The number of amidine groups is 1. The van der Waals surface area contributed by atoms with Gasteiger partial charge in [-0.15, -0.1) is 0 Å². The first kappa shape index (κ1) is 35.6. The maximum Gasteiger partial charge on any atom is 0.412 e. The number of aryl methyl sites for hydroxylation is 2. The van der Waals surface area contributed by atoms with Gasteiger partial charge in [0, 0.05) is 37.3 Å². The molecule has 2 amide bonds. The SMILES string of the molecule is CCCCCCOC(=O)NC(=N)c1ccc(C)cc1.CNCc1nc2cc(C(=O)N(CCC(C)=O)c3ccccn3)ccc2n1C. The van der Waals surface area contributed by atoms with Gasteiger partial charge in [0.05, 0.1) is 24.2 Å². The Balaban J connectivity index is 0.000000268. The Kier molecular flexibility index (Phi) is 14.0. The monoisotopic (exact) mass is 627 g/mol. The molecule has 0 saturated carbocycles. The summed E-state index contributed by atoms with van der Waals surface area (Å²) in [4.78, 5) is 46.5. The second-order valence-electron chi connectivity index (χ2n) is 11.0. The molecule has 244 valence electrons. The number of anilines is 1. The summed E-state index contributed by atoms with van der Waals surface area (Å²) in [5.41, 5.74) is 4.04. The van der Waals surface area contributed by atoms with Gasteiger partial charge in [0.1, 0.15) is 23.3 Å². The lowest BCUT2D eigenvalue weighted by molar-refractivity contribution is -0.116. The average Bonchev–Trinajstić information content (AvgIpc) is 3.36. The summed E-state index contributed by atoms with van der Waals surface area (Å²) in [7, 11) is 3.82. The van der Waals surface area contributed by atoms with Crippen LogP contribution in [0.15, 0.2) is 66.9 Å². The summed E-state index contributed by atoms with van der Waals surface area (Å²) in [5.74, 6) is 1.33. The standard InChI is InChI=1S/C20H23N5O2.C15H22N2O2/c1-14(26)9-11-25(18-6-4-5-10-22-18)20(27)15-7-8-17-16(12-15)23-19(13-21-2)24(17)3;1-3-4-5-6-11-19-15(18)17-14(16)13-9-7-12(2)8-10-13/h4-8,10,12,21H,9,11,13H2,1-3H3;7-10H,3-6,11H2,1-2H3,(H2,16,17,18). The van der Waals surface area contributed by atoms with E-state index in [1.807, 2.05) is 49.9 Å². The van der Waals surface area contributed by atoms with Crippen molar-refractivity contribution >= 4 is 40.5 Å². The molecule has 11 heteroatoms. The Bertz CT molecular complexity index is 1600. The Hall–Kier alpha value is -4.90. The van der Waals surface area contributed by atoms with E-state index in [-0.39, 0.29) is 30.5 Å². The van der Waals surface area contributed by atoms with Crippen molar-refractivity contribution in [3.05, 3.63) is 89.4 Å². The van der Waals surface area contributed by atoms with E-state index in [0.717, 1.165) is 48.1 Å². The number of nitrogens with one attached hydrogen (secondary N) is 3. The van der Waals surface area contributed by atoms with Crippen molar-refractivity contribution < 1.29 is 19.1 Å². The molecule has 0 aliphatic rings. The van der Waals surface area contributed by atoms with Gasteiger partial charge in [-0.3, -0.25) is 25.2 Å². The number of hydrogen-bond acceptors (Lipinski definition) is 8. The van der Waals surface area contributed by atoms with Crippen LogP contribution < -0.4 is 15.5 Å². The molecule has 2 aromatic heterocycles. The Morgan fingerprint density at radius 1 is 1.00 bits per heavy atom. The number of Topliss-reactive ketones (excluding diaryl/α,β-unsaturated/α-hetero) is 1. The van der Waals surface area contributed by atoms with Crippen molar-refractivity contribution in [1.29, 1.82) is 5.41 Å². The van der Waals surface area contributed by atoms with Gasteiger partial charge in [-0.05, 0) is 57.6 Å². The fraction of sp³-hybridized carbons (Fsp3) is 0.371. The van der Waals surface area contributed by atoms with Crippen LogP contribution in [-0.2, 0) is 23.1 Å². The van der Waals surface area contributed by atoms with Gasteiger partial charge in [-0.2, -0.15) is 0 Å². The quantitative estimate of drug-likeness (QED) is 0.0946. The molecule has 46 heavy (non-hydrogen) atoms. The minimum Gasteiger partial charge on any atom is -0.449 e. The molecule has 0 radical (unpaired) electrons. The van der Waals surface area contributed by atoms with Crippen molar-refractivity contribution in [2.75, 3.05) is 25.1 Å². The first-order valence-corrected chi connectivity index (χ1v) is 15.6. The zero-order valence-electron chi connectivity index (χ0n) is 27.4. The second-order valence-corrected chi connectivity index (χ2v) is 11.0. The van der Waals surface area contributed by atoms with E-state index in [0.29, 0.717) is 30.1 Å². The van der Waals surface area contributed by atoms with E-state index in [1.165, 1.54) is 6.92 Å². The summed E-state index contributed by atoms with van der Waals surface area (Å²) < 4.78 is 7.02. The number of carbonyl (C=O) groups excluding carboxylic acids is 3. The number of ketones is 1. The fourth-order valence-electron chi connectivity index (χ4n) is 4.58. The molecule has 0 fully saturated rings. The van der Waals surface area contributed by atoms with E-state index in [2.05, 4.69) is 27.5 Å². The van der Waals surface area contributed by atoms with Crippen molar-refractivity contribution in [3.8, 4) is 0 Å². The number of benzene rings is 2. The number of amides is 2. The number of alkyl carbamates (subject to hydrolysis) is 1. The number of fused-ring (bicyclic) bond motifs is 1. The van der Waals surface area contributed by atoms with Crippen molar-refractivity contribution in [1.82, 2.24) is 25.2 Å². The molecule has 2 aromatic carbocycles. The number of aromatic nitrogens is 3. The van der Waals surface area contributed by atoms with Crippen LogP contribution >= 0.6 is 0 Å². The fourth-order valence-corrected chi connectivity index (χ4v) is 4.58. The number of pyridine rings is 1. The second kappa shape index (κ2) is 18.2. The minimum atomic E-state index is -0.554. The molecule has 0 bridgehead atoms. The van der Waals surface area contributed by atoms with Crippen molar-refractivity contribution in [2.24, 2.45) is 7.05 Å². The molecule has 0 atom stereocenters. The molecule has 2 heterocycles. The summed E-state index contributed by atoms with van der Waals surface area (Å²) >= 11 is 0. The van der Waals surface area contributed by atoms with Crippen LogP contribution in [0.4, 0.5) is 10.6 Å². The average molecular weight is 628 g/mol. The lowest BCUT2D eigenvalue weighted by Gasteiger charge is -2.21. The first-order chi connectivity index (χ1) is 22.1. The van der Waals surface area contributed by atoms with Crippen molar-refractivity contribution in [2.45, 2.75) is 59.4 Å². The highest BCUT2D eigenvalue weighted by Crippen LogP contribution is 2.20. The van der Waals surface area contributed by atoms with E-state index in [1.54, 1.807) is 47.5 Å². The molecule has 4 rings (SSSR count). The maximum absolute atomic E-state index is 13.1. The van der Waals surface area contributed by atoms with Gasteiger partial charge in [0.2, 0.25) is 0 Å². The molecule has 0 saturated heterocycles. The Labute approximate surface area is 270 Å². The Morgan fingerprint density at radius 2 is 1.74 bits per heavy atom. The topological polar surface area (TPSA) is 142 Å². The molecule has 0 spiro atoms. The van der Waals surface area contributed by atoms with Crippen LogP contribution in [0, 0.1) is 12.3 Å². The van der Waals surface area contributed by atoms with Gasteiger partial charge in [-0.25, -0.2) is 14.8 Å². The molecule has 0 unspecified atom stereocenters. The Morgan fingerprint density at radius 3 is 2.39 bits per heavy atom. The summed E-state index contributed by atoms with van der Waals surface area (Å²) in [5, 5.41) is 13.3. The number of imidazole rings is 1. The molecule has 0 aliphatic carbocycles. The van der Waals surface area contributed by atoms with E-state index >= 15 is 0 Å². The van der Waals surface area contributed by atoms with E-state index < -0.39 is 6.09 Å². The van der Waals surface area contributed by atoms with Crippen LogP contribution in [-0.4, -0.2) is 58.4 Å². The maximum atomic E-state index is 13.1. The minimum absolute atomic E-state index is 0.0283. The number of ether oxygens (including phenoxy) is 1. The van der Waals surface area contributed by atoms with Crippen molar-refractivity contribution in [3.63, 3.8) is 0 Å². The van der Waals surface area contributed by atoms with Crippen LogP contribution in [0.25, 0.3) is 11.0 Å². The summed E-state index contributed by atoms with van der Waals surface area (Å²) in [6.07, 6.45) is 5.62. The van der Waals surface area contributed by atoms with Crippen LogP contribution in [0.3, 0.4) is 0 Å². The number of nitrogens with zero attached hydrogens (tertiary/aromatic N) is 4. The first-order valence-electron chi connectivity index (χ1n) is 15.6. The van der Waals surface area contributed by atoms with Crippen LogP contribution in [0.5, 0.6) is 0 Å². The highest BCUT2D eigenvalue weighted by atomic mass is 16.5. The third-order valence-corrected chi connectivity index (χ3v) is 7.21. The molecular weight excluding hydrogens is 582 g/mol. The van der Waals surface area contributed by atoms with Gasteiger partial charge in [0.15, 0.2) is 0 Å². The predicted molar refractivity (Wildman–Crippen MR) is 181 cm³/mol. The lowest BCUT2D eigenvalue weighted by Crippen LogP contribution is -2.33. The highest BCUT2D eigenvalue weighted by Gasteiger charge is 2.20. The number of unbranched alkanes of at least 4 members (excludes halogenated alkanes) is 3. The number of carbonyl (C=O) groups is 3. The molecular formula is C35H45N7O4. The summed E-state index contributed by atoms with van der Waals surface area (Å²) in [6, 6.07) is 18.3. The predicted octanol–water partition coefficient (Wildman–Crippen LogP) is 5.94. The number of rotatable bonds is 13. The van der Waals surface area contributed by atoms with Gasteiger partial charge in [0.25, 0.3) is 5.91 Å².